The second kappa shape index (κ2) is 5.50. The zero-order valence-corrected chi connectivity index (χ0v) is 11.5. The predicted molar refractivity (Wildman–Crippen MR) is 69.4 cm³/mol. The molecule has 0 atom stereocenters. The van der Waals surface area contributed by atoms with Gasteiger partial charge in [0.25, 0.3) is 0 Å². The van der Waals surface area contributed by atoms with Crippen LogP contribution in [0, 0.1) is 11.3 Å². The van der Waals surface area contributed by atoms with Gasteiger partial charge in [-0.2, -0.15) is 0 Å². The van der Waals surface area contributed by atoms with E-state index in [1.54, 1.807) is 0 Å². The summed E-state index contributed by atoms with van der Waals surface area (Å²) in [7, 11) is 0. The van der Waals surface area contributed by atoms with E-state index < -0.39 is 0 Å². The van der Waals surface area contributed by atoms with E-state index in [2.05, 4.69) is 20.8 Å². The average Bonchev–Trinajstić information content (AvgIpc) is 2.17. The number of hydrogen-bond donors (Lipinski definition) is 1. The first-order chi connectivity index (χ1) is 7.37. The van der Waals surface area contributed by atoms with Crippen LogP contribution in [0.25, 0.3) is 0 Å². The lowest BCUT2D eigenvalue weighted by atomic mass is 9.67. The summed E-state index contributed by atoms with van der Waals surface area (Å²) in [5, 5.41) is 0. The van der Waals surface area contributed by atoms with Gasteiger partial charge in [-0.05, 0) is 50.4 Å². The van der Waals surface area contributed by atoms with Crippen LogP contribution in [-0.2, 0) is 4.74 Å². The molecule has 0 radical (unpaired) electrons. The molecular formula is C14H29NO. The van der Waals surface area contributed by atoms with E-state index in [9.17, 15) is 0 Å². The third-order valence-corrected chi connectivity index (χ3v) is 4.15. The van der Waals surface area contributed by atoms with Gasteiger partial charge in [-0.15, -0.1) is 0 Å². The second-order valence-corrected chi connectivity index (χ2v) is 6.45. The number of ether oxygens (including phenoxy) is 1. The van der Waals surface area contributed by atoms with Crippen molar-refractivity contribution in [3.8, 4) is 0 Å². The van der Waals surface area contributed by atoms with E-state index in [4.69, 9.17) is 10.5 Å². The fourth-order valence-electron chi connectivity index (χ4n) is 2.73. The Kier molecular flexibility index (Phi) is 4.81. The Bertz CT molecular complexity index is 199. The zero-order valence-electron chi connectivity index (χ0n) is 11.5. The number of hydrogen-bond acceptors (Lipinski definition) is 2. The van der Waals surface area contributed by atoms with Crippen LogP contribution in [0.3, 0.4) is 0 Å². The minimum absolute atomic E-state index is 0.0525. The van der Waals surface area contributed by atoms with Crippen molar-refractivity contribution in [3.05, 3.63) is 0 Å². The van der Waals surface area contributed by atoms with Crippen molar-refractivity contribution in [2.24, 2.45) is 17.1 Å². The molecule has 2 N–H and O–H groups in total. The number of nitrogens with two attached hydrogens (primary N) is 1. The first kappa shape index (κ1) is 14.0. The van der Waals surface area contributed by atoms with E-state index in [1.165, 1.54) is 25.7 Å². The molecule has 0 aromatic carbocycles. The molecular weight excluding hydrogens is 198 g/mol. The Morgan fingerprint density at radius 1 is 1.25 bits per heavy atom. The Morgan fingerprint density at radius 3 is 2.25 bits per heavy atom. The summed E-state index contributed by atoms with van der Waals surface area (Å²) in [6.07, 6.45) is 5.93. The zero-order chi connectivity index (χ0) is 12.2. The lowest BCUT2D eigenvalue weighted by molar-refractivity contribution is 0.0884. The molecule has 0 aliphatic heterocycles. The molecule has 96 valence electrons. The Morgan fingerprint density at radius 2 is 1.81 bits per heavy atom. The molecule has 0 aromatic rings. The molecule has 0 bridgehead atoms. The minimum atomic E-state index is 0.0525. The molecule has 0 heterocycles. The maximum atomic E-state index is 6.43. The van der Waals surface area contributed by atoms with Gasteiger partial charge in [0.05, 0.1) is 0 Å². The third kappa shape index (κ3) is 4.06. The Hall–Kier alpha value is -0.0800. The van der Waals surface area contributed by atoms with Gasteiger partial charge in [-0.25, -0.2) is 0 Å². The largest absolute Gasteiger partial charge is 0.382 e. The highest BCUT2D eigenvalue weighted by Gasteiger charge is 2.35. The molecule has 1 aliphatic rings. The maximum absolute atomic E-state index is 6.43. The normalized spacial score (nSPS) is 31.7. The van der Waals surface area contributed by atoms with E-state index >= 15 is 0 Å². The number of rotatable bonds is 4. The SMILES string of the molecule is CCOCCC1(N)CCC(C(C)(C)C)CC1. The highest BCUT2D eigenvalue weighted by Crippen LogP contribution is 2.41. The van der Waals surface area contributed by atoms with Crippen molar-refractivity contribution in [2.45, 2.75) is 65.3 Å². The van der Waals surface area contributed by atoms with Gasteiger partial charge < -0.3 is 10.5 Å². The van der Waals surface area contributed by atoms with Crippen LogP contribution in [-0.4, -0.2) is 18.8 Å². The Balaban J connectivity index is 2.35. The van der Waals surface area contributed by atoms with Gasteiger partial charge in [0.15, 0.2) is 0 Å². The fraction of sp³-hybridized carbons (Fsp3) is 1.00. The first-order valence-electron chi connectivity index (χ1n) is 6.74. The van der Waals surface area contributed by atoms with Crippen molar-refractivity contribution >= 4 is 0 Å². The average molecular weight is 227 g/mol. The van der Waals surface area contributed by atoms with Crippen LogP contribution in [0.4, 0.5) is 0 Å². The predicted octanol–water partition coefficient (Wildman–Crippen LogP) is 3.35. The summed E-state index contributed by atoms with van der Waals surface area (Å²) >= 11 is 0. The molecule has 0 unspecified atom stereocenters. The summed E-state index contributed by atoms with van der Waals surface area (Å²) < 4.78 is 5.42. The van der Waals surface area contributed by atoms with Crippen molar-refractivity contribution in [1.82, 2.24) is 0 Å². The van der Waals surface area contributed by atoms with Crippen molar-refractivity contribution in [3.63, 3.8) is 0 Å². The molecule has 1 fully saturated rings. The van der Waals surface area contributed by atoms with Gasteiger partial charge >= 0.3 is 0 Å². The van der Waals surface area contributed by atoms with E-state index in [1.807, 2.05) is 6.92 Å². The highest BCUT2D eigenvalue weighted by atomic mass is 16.5. The molecule has 0 spiro atoms. The van der Waals surface area contributed by atoms with Crippen LogP contribution in [0.1, 0.15) is 59.8 Å². The van der Waals surface area contributed by atoms with Gasteiger partial charge in [0.1, 0.15) is 0 Å². The van der Waals surface area contributed by atoms with Gasteiger partial charge in [-0.1, -0.05) is 20.8 Å². The van der Waals surface area contributed by atoms with Crippen LogP contribution < -0.4 is 5.73 Å². The summed E-state index contributed by atoms with van der Waals surface area (Å²) in [6, 6.07) is 0. The summed E-state index contributed by atoms with van der Waals surface area (Å²) in [4.78, 5) is 0. The third-order valence-electron chi connectivity index (χ3n) is 4.15. The molecule has 2 nitrogen and oxygen atoms in total. The first-order valence-corrected chi connectivity index (χ1v) is 6.74. The lowest BCUT2D eigenvalue weighted by Crippen LogP contribution is -2.45. The van der Waals surface area contributed by atoms with Gasteiger partial charge in [0, 0.05) is 18.8 Å². The molecule has 1 aliphatic carbocycles. The molecule has 16 heavy (non-hydrogen) atoms. The molecule has 1 rings (SSSR count). The van der Waals surface area contributed by atoms with Crippen molar-refractivity contribution in [1.29, 1.82) is 0 Å². The molecule has 0 saturated heterocycles. The summed E-state index contributed by atoms with van der Waals surface area (Å²) in [5.74, 6) is 0.844. The lowest BCUT2D eigenvalue weighted by Gasteiger charge is -2.42. The maximum Gasteiger partial charge on any atom is 0.0483 e. The van der Waals surface area contributed by atoms with Gasteiger partial charge in [-0.3, -0.25) is 0 Å². The minimum Gasteiger partial charge on any atom is -0.382 e. The van der Waals surface area contributed by atoms with Crippen molar-refractivity contribution in [2.75, 3.05) is 13.2 Å². The van der Waals surface area contributed by atoms with Gasteiger partial charge in [0.2, 0.25) is 0 Å². The smallest absolute Gasteiger partial charge is 0.0483 e. The van der Waals surface area contributed by atoms with Crippen LogP contribution >= 0.6 is 0 Å². The quantitative estimate of drug-likeness (QED) is 0.748. The molecule has 2 heteroatoms. The van der Waals surface area contributed by atoms with Crippen LogP contribution in [0.15, 0.2) is 0 Å². The molecule has 1 saturated carbocycles. The van der Waals surface area contributed by atoms with E-state index in [-0.39, 0.29) is 5.54 Å². The second-order valence-electron chi connectivity index (χ2n) is 6.45. The monoisotopic (exact) mass is 227 g/mol. The Labute approximate surface area is 101 Å². The summed E-state index contributed by atoms with van der Waals surface area (Å²) in [6.45, 7) is 10.7. The fourth-order valence-corrected chi connectivity index (χ4v) is 2.73. The van der Waals surface area contributed by atoms with Crippen LogP contribution in [0.5, 0.6) is 0 Å². The molecule has 0 amide bonds. The van der Waals surface area contributed by atoms with E-state index in [0.29, 0.717) is 5.41 Å². The summed E-state index contributed by atoms with van der Waals surface area (Å²) in [5.41, 5.74) is 6.92. The van der Waals surface area contributed by atoms with E-state index in [0.717, 1.165) is 25.6 Å². The topological polar surface area (TPSA) is 35.2 Å². The van der Waals surface area contributed by atoms with Crippen molar-refractivity contribution < 1.29 is 4.74 Å². The standard InChI is InChI=1S/C14H29NO/c1-5-16-11-10-14(15)8-6-12(7-9-14)13(2,3)4/h12H,5-11,15H2,1-4H3. The highest BCUT2D eigenvalue weighted by molar-refractivity contribution is 4.92. The van der Waals surface area contributed by atoms with Crippen LogP contribution in [0.2, 0.25) is 0 Å². The molecule has 0 aromatic heterocycles.